The lowest BCUT2D eigenvalue weighted by molar-refractivity contribution is 0.415. The molecule has 0 aliphatic carbocycles. The molecule has 2 aromatic rings. The zero-order valence-corrected chi connectivity index (χ0v) is 10.2. The standard InChI is InChI=1S/C13H12N4O/c1-17(11-3-5-12(18-2)6-4-11)13-10(9-14)7-8-15-16-13/h3-8H,1-2H3. The molecule has 0 atom stereocenters. The molecule has 90 valence electrons. The minimum Gasteiger partial charge on any atom is -0.497 e. The molecule has 0 spiro atoms. The van der Waals surface area contributed by atoms with Gasteiger partial charge in [0, 0.05) is 12.7 Å². The van der Waals surface area contributed by atoms with Crippen molar-refractivity contribution in [2.24, 2.45) is 0 Å². The lowest BCUT2D eigenvalue weighted by atomic mass is 10.2. The van der Waals surface area contributed by atoms with E-state index >= 15 is 0 Å². The van der Waals surface area contributed by atoms with E-state index in [2.05, 4.69) is 16.3 Å². The van der Waals surface area contributed by atoms with Gasteiger partial charge >= 0.3 is 0 Å². The smallest absolute Gasteiger partial charge is 0.173 e. The first-order chi connectivity index (χ1) is 8.76. The Morgan fingerprint density at radius 1 is 1.22 bits per heavy atom. The molecule has 0 aliphatic rings. The minimum atomic E-state index is 0.489. The second-order valence-electron chi connectivity index (χ2n) is 3.64. The molecule has 0 saturated heterocycles. The van der Waals surface area contributed by atoms with Crippen molar-refractivity contribution in [2.45, 2.75) is 0 Å². The fourth-order valence-corrected chi connectivity index (χ4v) is 1.59. The van der Waals surface area contributed by atoms with Crippen LogP contribution in [0.25, 0.3) is 0 Å². The van der Waals surface area contributed by atoms with Crippen molar-refractivity contribution in [1.82, 2.24) is 10.2 Å². The van der Waals surface area contributed by atoms with Gasteiger partial charge in [-0.05, 0) is 30.3 Å². The van der Waals surface area contributed by atoms with Gasteiger partial charge in [-0.25, -0.2) is 0 Å². The molecule has 0 bridgehead atoms. The summed E-state index contributed by atoms with van der Waals surface area (Å²) in [6, 6.07) is 11.2. The molecule has 0 saturated carbocycles. The van der Waals surface area contributed by atoms with Gasteiger partial charge in [0.1, 0.15) is 11.8 Å². The van der Waals surface area contributed by atoms with Gasteiger partial charge in [0.05, 0.1) is 18.9 Å². The van der Waals surface area contributed by atoms with Crippen molar-refractivity contribution in [3.05, 3.63) is 42.1 Å². The Morgan fingerprint density at radius 3 is 2.56 bits per heavy atom. The van der Waals surface area contributed by atoms with Gasteiger partial charge in [-0.1, -0.05) is 0 Å². The molecule has 0 unspecified atom stereocenters. The van der Waals surface area contributed by atoms with Gasteiger partial charge in [-0.2, -0.15) is 10.4 Å². The van der Waals surface area contributed by atoms with Crippen molar-refractivity contribution in [1.29, 1.82) is 5.26 Å². The van der Waals surface area contributed by atoms with Crippen LogP contribution in [0.1, 0.15) is 5.56 Å². The van der Waals surface area contributed by atoms with Crippen LogP contribution in [-0.2, 0) is 0 Å². The van der Waals surface area contributed by atoms with Gasteiger partial charge in [0.15, 0.2) is 5.82 Å². The number of ether oxygens (including phenoxy) is 1. The number of nitrogens with zero attached hydrogens (tertiary/aromatic N) is 4. The summed E-state index contributed by atoms with van der Waals surface area (Å²) in [5.41, 5.74) is 1.40. The summed E-state index contributed by atoms with van der Waals surface area (Å²) in [7, 11) is 3.46. The lowest BCUT2D eigenvalue weighted by Gasteiger charge is -2.18. The Labute approximate surface area is 105 Å². The normalized spacial score (nSPS) is 9.61. The van der Waals surface area contributed by atoms with Crippen LogP contribution in [-0.4, -0.2) is 24.4 Å². The van der Waals surface area contributed by atoms with E-state index < -0.39 is 0 Å². The minimum absolute atomic E-state index is 0.489. The predicted octanol–water partition coefficient (Wildman–Crippen LogP) is 2.12. The number of benzene rings is 1. The molecule has 18 heavy (non-hydrogen) atoms. The van der Waals surface area contributed by atoms with Crippen molar-refractivity contribution >= 4 is 11.5 Å². The largest absolute Gasteiger partial charge is 0.497 e. The summed E-state index contributed by atoms with van der Waals surface area (Å²) >= 11 is 0. The molecule has 1 aromatic carbocycles. The first-order valence-corrected chi connectivity index (χ1v) is 5.36. The fourth-order valence-electron chi connectivity index (χ4n) is 1.59. The van der Waals surface area contributed by atoms with E-state index in [4.69, 9.17) is 10.00 Å². The van der Waals surface area contributed by atoms with E-state index in [9.17, 15) is 0 Å². The monoisotopic (exact) mass is 240 g/mol. The van der Waals surface area contributed by atoms with E-state index in [1.165, 1.54) is 6.20 Å². The molecule has 2 rings (SSSR count). The molecular weight excluding hydrogens is 228 g/mol. The van der Waals surface area contributed by atoms with Crippen LogP contribution >= 0.6 is 0 Å². The highest BCUT2D eigenvalue weighted by Gasteiger charge is 2.10. The van der Waals surface area contributed by atoms with Crippen LogP contribution in [0.15, 0.2) is 36.5 Å². The Morgan fingerprint density at radius 2 is 1.94 bits per heavy atom. The van der Waals surface area contributed by atoms with Crippen molar-refractivity contribution < 1.29 is 4.74 Å². The first-order valence-electron chi connectivity index (χ1n) is 5.36. The lowest BCUT2D eigenvalue weighted by Crippen LogP contribution is -2.13. The summed E-state index contributed by atoms with van der Waals surface area (Å²) in [6.45, 7) is 0. The third-order valence-corrected chi connectivity index (χ3v) is 2.60. The summed E-state index contributed by atoms with van der Waals surface area (Å²) in [5, 5.41) is 16.8. The fraction of sp³-hybridized carbons (Fsp3) is 0.154. The molecule has 1 aromatic heterocycles. The van der Waals surface area contributed by atoms with Gasteiger partial charge in [-0.3, -0.25) is 0 Å². The Balaban J connectivity index is 2.35. The number of aromatic nitrogens is 2. The highest BCUT2D eigenvalue weighted by atomic mass is 16.5. The van der Waals surface area contributed by atoms with Crippen LogP contribution in [0.3, 0.4) is 0 Å². The molecule has 0 radical (unpaired) electrons. The summed E-state index contributed by atoms with van der Waals surface area (Å²) in [4.78, 5) is 1.81. The highest BCUT2D eigenvalue weighted by molar-refractivity contribution is 5.64. The van der Waals surface area contributed by atoms with Crippen LogP contribution < -0.4 is 9.64 Å². The molecule has 5 heteroatoms. The quantitative estimate of drug-likeness (QED) is 0.822. The van der Waals surface area contributed by atoms with Crippen LogP contribution in [0, 0.1) is 11.3 Å². The van der Waals surface area contributed by atoms with Crippen LogP contribution in [0.2, 0.25) is 0 Å². The average molecular weight is 240 g/mol. The van der Waals surface area contributed by atoms with Crippen LogP contribution in [0.4, 0.5) is 11.5 Å². The summed E-state index contributed by atoms with van der Waals surface area (Å²) in [6.07, 6.45) is 1.50. The number of hydrogen-bond donors (Lipinski definition) is 0. The van der Waals surface area contributed by atoms with Crippen molar-refractivity contribution in [2.75, 3.05) is 19.1 Å². The Bertz CT molecular complexity index is 574. The topological polar surface area (TPSA) is 62.0 Å². The summed E-state index contributed by atoms with van der Waals surface area (Å²) < 4.78 is 5.10. The third kappa shape index (κ3) is 2.23. The van der Waals surface area contributed by atoms with E-state index in [1.54, 1.807) is 13.2 Å². The summed E-state index contributed by atoms with van der Waals surface area (Å²) in [5.74, 6) is 1.32. The van der Waals surface area contributed by atoms with Crippen molar-refractivity contribution in [3.8, 4) is 11.8 Å². The number of nitriles is 1. The predicted molar refractivity (Wildman–Crippen MR) is 67.8 cm³/mol. The second kappa shape index (κ2) is 5.15. The maximum absolute atomic E-state index is 9.03. The van der Waals surface area contributed by atoms with E-state index in [1.807, 2.05) is 36.2 Å². The van der Waals surface area contributed by atoms with Crippen LogP contribution in [0.5, 0.6) is 5.75 Å². The molecule has 0 N–H and O–H groups in total. The zero-order valence-electron chi connectivity index (χ0n) is 10.2. The molecule has 0 fully saturated rings. The Kier molecular flexibility index (Phi) is 3.39. The third-order valence-electron chi connectivity index (χ3n) is 2.60. The van der Waals surface area contributed by atoms with Gasteiger partial charge in [0.25, 0.3) is 0 Å². The van der Waals surface area contributed by atoms with E-state index in [-0.39, 0.29) is 0 Å². The molecule has 0 amide bonds. The maximum Gasteiger partial charge on any atom is 0.173 e. The van der Waals surface area contributed by atoms with E-state index in [0.29, 0.717) is 11.4 Å². The Hall–Kier alpha value is -2.61. The SMILES string of the molecule is COc1ccc(N(C)c2nnccc2C#N)cc1. The number of rotatable bonds is 3. The number of methoxy groups -OCH3 is 1. The number of anilines is 2. The van der Waals surface area contributed by atoms with Crippen molar-refractivity contribution in [3.63, 3.8) is 0 Å². The van der Waals surface area contributed by atoms with E-state index in [0.717, 1.165) is 11.4 Å². The first kappa shape index (κ1) is 11.9. The highest BCUT2D eigenvalue weighted by Crippen LogP contribution is 2.25. The average Bonchev–Trinajstić information content (AvgIpc) is 2.46. The van der Waals surface area contributed by atoms with Gasteiger partial charge in [-0.15, -0.1) is 5.10 Å². The zero-order chi connectivity index (χ0) is 13.0. The van der Waals surface area contributed by atoms with Gasteiger partial charge in [0.2, 0.25) is 0 Å². The maximum atomic E-state index is 9.03. The molecular formula is C13H12N4O. The van der Waals surface area contributed by atoms with Gasteiger partial charge < -0.3 is 9.64 Å². The number of hydrogen-bond acceptors (Lipinski definition) is 5. The second-order valence-corrected chi connectivity index (χ2v) is 3.64. The molecule has 5 nitrogen and oxygen atoms in total. The molecule has 0 aliphatic heterocycles. The molecule has 1 heterocycles.